The van der Waals surface area contributed by atoms with Crippen LogP contribution in [0.1, 0.15) is 11.0 Å². The molecule has 0 radical (unpaired) electrons. The SMILES string of the molecule is OCC(F)c1ccc(Cl)s1. The number of hydrogen-bond donors (Lipinski definition) is 1. The Morgan fingerprint density at radius 1 is 1.70 bits per heavy atom. The van der Waals surface area contributed by atoms with Crippen molar-refractivity contribution in [2.45, 2.75) is 6.17 Å². The summed E-state index contributed by atoms with van der Waals surface area (Å²) in [6.45, 7) is -0.475. The van der Waals surface area contributed by atoms with E-state index in [0.29, 0.717) is 9.21 Å². The Balaban J connectivity index is 2.74. The molecule has 0 aliphatic heterocycles. The highest BCUT2D eigenvalue weighted by Crippen LogP contribution is 2.28. The minimum Gasteiger partial charge on any atom is -0.393 e. The normalized spacial score (nSPS) is 13.5. The van der Waals surface area contributed by atoms with Gasteiger partial charge in [0.2, 0.25) is 0 Å². The van der Waals surface area contributed by atoms with Crippen LogP contribution >= 0.6 is 22.9 Å². The number of aliphatic hydroxyl groups is 1. The summed E-state index contributed by atoms with van der Waals surface area (Å²) in [6, 6.07) is 3.19. The average Bonchev–Trinajstić information content (AvgIpc) is 2.34. The zero-order valence-corrected chi connectivity index (χ0v) is 6.62. The van der Waals surface area contributed by atoms with Gasteiger partial charge in [-0.05, 0) is 12.1 Å². The second-order valence-corrected chi connectivity index (χ2v) is 3.54. The molecule has 0 saturated heterocycles. The van der Waals surface area contributed by atoms with Crippen LogP contribution in [0.3, 0.4) is 0 Å². The fraction of sp³-hybridized carbons (Fsp3) is 0.333. The van der Waals surface area contributed by atoms with Crippen LogP contribution in [0.5, 0.6) is 0 Å². The van der Waals surface area contributed by atoms with Crippen molar-refractivity contribution in [1.29, 1.82) is 0 Å². The second-order valence-electron chi connectivity index (χ2n) is 1.79. The molecule has 0 aliphatic rings. The summed E-state index contributed by atoms with van der Waals surface area (Å²) >= 11 is 6.68. The number of hydrogen-bond acceptors (Lipinski definition) is 2. The Kier molecular flexibility index (Phi) is 2.65. The van der Waals surface area contributed by atoms with Gasteiger partial charge in [-0.25, -0.2) is 4.39 Å². The minimum atomic E-state index is -1.28. The van der Waals surface area contributed by atoms with Crippen molar-refractivity contribution in [2.24, 2.45) is 0 Å². The summed E-state index contributed by atoms with van der Waals surface area (Å²) in [5.41, 5.74) is 0. The van der Waals surface area contributed by atoms with Crippen molar-refractivity contribution in [1.82, 2.24) is 0 Å². The molecule has 0 saturated carbocycles. The third-order valence-electron chi connectivity index (χ3n) is 1.06. The first-order chi connectivity index (χ1) is 4.74. The van der Waals surface area contributed by atoms with Crippen molar-refractivity contribution in [2.75, 3.05) is 6.61 Å². The molecule has 0 spiro atoms. The molecule has 1 N–H and O–H groups in total. The molecule has 1 unspecified atom stereocenters. The molecule has 1 nitrogen and oxygen atoms in total. The number of aliphatic hydroxyl groups excluding tert-OH is 1. The van der Waals surface area contributed by atoms with E-state index < -0.39 is 12.8 Å². The molecule has 0 aliphatic carbocycles. The van der Waals surface area contributed by atoms with E-state index in [2.05, 4.69) is 0 Å². The van der Waals surface area contributed by atoms with E-state index >= 15 is 0 Å². The van der Waals surface area contributed by atoms with Gasteiger partial charge in [0.15, 0.2) is 6.17 Å². The number of alkyl halides is 1. The first-order valence-corrected chi connectivity index (χ1v) is 3.93. The lowest BCUT2D eigenvalue weighted by Gasteiger charge is -1.97. The lowest BCUT2D eigenvalue weighted by molar-refractivity contribution is 0.182. The maximum Gasteiger partial charge on any atom is 0.157 e. The van der Waals surface area contributed by atoms with Crippen LogP contribution in [-0.2, 0) is 0 Å². The fourth-order valence-electron chi connectivity index (χ4n) is 0.587. The highest BCUT2D eigenvalue weighted by molar-refractivity contribution is 7.16. The van der Waals surface area contributed by atoms with E-state index in [1.165, 1.54) is 0 Å². The van der Waals surface area contributed by atoms with Crippen molar-refractivity contribution in [3.05, 3.63) is 21.3 Å². The van der Waals surface area contributed by atoms with Crippen molar-refractivity contribution >= 4 is 22.9 Å². The predicted molar refractivity (Wildman–Crippen MR) is 40.3 cm³/mol. The summed E-state index contributed by atoms with van der Waals surface area (Å²) < 4.78 is 13.1. The summed E-state index contributed by atoms with van der Waals surface area (Å²) in [7, 11) is 0. The van der Waals surface area contributed by atoms with E-state index in [4.69, 9.17) is 16.7 Å². The Morgan fingerprint density at radius 3 is 2.80 bits per heavy atom. The molecule has 10 heavy (non-hydrogen) atoms. The first-order valence-electron chi connectivity index (χ1n) is 2.74. The molecular weight excluding hydrogens is 175 g/mol. The van der Waals surface area contributed by atoms with Gasteiger partial charge in [0, 0.05) is 4.88 Å². The summed E-state index contributed by atoms with van der Waals surface area (Å²) in [5.74, 6) is 0. The van der Waals surface area contributed by atoms with E-state index in [-0.39, 0.29) is 0 Å². The molecule has 0 bridgehead atoms. The van der Waals surface area contributed by atoms with Crippen LogP contribution in [0.2, 0.25) is 4.34 Å². The van der Waals surface area contributed by atoms with Gasteiger partial charge in [-0.3, -0.25) is 0 Å². The van der Waals surface area contributed by atoms with Crippen LogP contribution < -0.4 is 0 Å². The molecule has 1 aromatic rings. The van der Waals surface area contributed by atoms with Crippen LogP contribution in [0.4, 0.5) is 4.39 Å². The zero-order chi connectivity index (χ0) is 7.56. The lowest BCUT2D eigenvalue weighted by Crippen LogP contribution is -1.92. The Hall–Kier alpha value is -0.120. The largest absolute Gasteiger partial charge is 0.393 e. The third kappa shape index (κ3) is 1.68. The second kappa shape index (κ2) is 3.32. The quantitative estimate of drug-likeness (QED) is 0.741. The number of thiophene rings is 1. The molecule has 1 atom stereocenters. The molecule has 0 amide bonds. The molecule has 4 heteroatoms. The standard InChI is InChI=1S/C6H6ClFOS/c7-6-2-1-5(10-6)4(8)3-9/h1-2,4,9H,3H2. The molecule has 0 fully saturated rings. The lowest BCUT2D eigenvalue weighted by atomic mass is 10.3. The Bertz CT molecular complexity index is 213. The van der Waals surface area contributed by atoms with Gasteiger partial charge in [0.25, 0.3) is 0 Å². The van der Waals surface area contributed by atoms with E-state index in [1.807, 2.05) is 0 Å². The third-order valence-corrected chi connectivity index (χ3v) is 2.38. The minimum absolute atomic E-state index is 0.475. The van der Waals surface area contributed by atoms with Gasteiger partial charge in [-0.1, -0.05) is 11.6 Å². The van der Waals surface area contributed by atoms with Gasteiger partial charge in [-0.15, -0.1) is 11.3 Å². The van der Waals surface area contributed by atoms with Crippen LogP contribution in [0.15, 0.2) is 12.1 Å². The van der Waals surface area contributed by atoms with Gasteiger partial charge in [0.1, 0.15) is 0 Å². The zero-order valence-electron chi connectivity index (χ0n) is 5.05. The van der Waals surface area contributed by atoms with Crippen LogP contribution in [0, 0.1) is 0 Å². The van der Waals surface area contributed by atoms with E-state index in [9.17, 15) is 4.39 Å². The van der Waals surface area contributed by atoms with Gasteiger partial charge in [0.05, 0.1) is 10.9 Å². The first kappa shape index (κ1) is 7.98. The summed E-state index contributed by atoms with van der Waals surface area (Å²) in [4.78, 5) is 0.479. The van der Waals surface area contributed by atoms with E-state index in [0.717, 1.165) is 11.3 Å². The Labute approximate surface area is 67.1 Å². The monoisotopic (exact) mass is 180 g/mol. The smallest absolute Gasteiger partial charge is 0.157 e. The van der Waals surface area contributed by atoms with Gasteiger partial charge >= 0.3 is 0 Å². The van der Waals surface area contributed by atoms with Crippen LogP contribution in [-0.4, -0.2) is 11.7 Å². The van der Waals surface area contributed by atoms with Crippen LogP contribution in [0.25, 0.3) is 0 Å². The maximum absolute atomic E-state index is 12.6. The summed E-state index contributed by atoms with van der Waals surface area (Å²) in [6.07, 6.45) is -1.28. The maximum atomic E-state index is 12.6. The highest BCUT2D eigenvalue weighted by Gasteiger charge is 2.09. The van der Waals surface area contributed by atoms with Crippen molar-refractivity contribution < 1.29 is 9.50 Å². The van der Waals surface area contributed by atoms with Crippen molar-refractivity contribution in [3.8, 4) is 0 Å². The molecular formula is C6H6ClFOS. The van der Waals surface area contributed by atoms with Gasteiger partial charge < -0.3 is 5.11 Å². The molecule has 1 rings (SSSR count). The Morgan fingerprint density at radius 2 is 2.40 bits per heavy atom. The number of rotatable bonds is 2. The molecule has 1 aromatic heterocycles. The predicted octanol–water partition coefficient (Wildman–Crippen LogP) is 2.40. The number of halogens is 2. The van der Waals surface area contributed by atoms with Gasteiger partial charge in [-0.2, -0.15) is 0 Å². The highest BCUT2D eigenvalue weighted by atomic mass is 35.5. The average molecular weight is 181 g/mol. The fourth-order valence-corrected chi connectivity index (χ4v) is 1.62. The molecule has 1 heterocycles. The molecule has 56 valence electrons. The topological polar surface area (TPSA) is 20.2 Å². The van der Waals surface area contributed by atoms with Crippen molar-refractivity contribution in [3.63, 3.8) is 0 Å². The summed E-state index contributed by atoms with van der Waals surface area (Å²) in [5, 5.41) is 8.39. The molecule has 0 aromatic carbocycles. The van der Waals surface area contributed by atoms with E-state index in [1.54, 1.807) is 12.1 Å².